The van der Waals surface area contributed by atoms with Gasteiger partial charge in [0.1, 0.15) is 17.4 Å². The lowest BCUT2D eigenvalue weighted by Crippen LogP contribution is -2.21. The normalized spacial score (nSPS) is 11.0. The van der Waals surface area contributed by atoms with Crippen LogP contribution in [0.1, 0.15) is 15.9 Å². The molecular formula is C20H18N4O2. The minimum absolute atomic E-state index is 0.00991. The Morgan fingerprint density at radius 2 is 1.85 bits per heavy atom. The number of nitrogens with zero attached hydrogens (tertiary/aromatic N) is 3. The molecule has 4 aromatic rings. The molecule has 0 aliphatic heterocycles. The van der Waals surface area contributed by atoms with Gasteiger partial charge in [0.25, 0.3) is 5.91 Å². The highest BCUT2D eigenvalue weighted by Crippen LogP contribution is 2.30. The predicted octanol–water partition coefficient (Wildman–Crippen LogP) is 3.69. The third kappa shape index (κ3) is 2.86. The second kappa shape index (κ2) is 6.48. The molecule has 0 aliphatic carbocycles. The van der Waals surface area contributed by atoms with E-state index in [4.69, 9.17) is 4.42 Å². The van der Waals surface area contributed by atoms with Crippen molar-refractivity contribution >= 4 is 33.8 Å². The van der Waals surface area contributed by atoms with E-state index in [1.807, 2.05) is 48.5 Å². The topological polar surface area (TPSA) is 71.3 Å². The van der Waals surface area contributed by atoms with Gasteiger partial charge in [0.05, 0.1) is 0 Å². The Labute approximate surface area is 150 Å². The number of benzene rings is 2. The van der Waals surface area contributed by atoms with E-state index in [1.54, 1.807) is 19.0 Å². The first-order chi connectivity index (χ1) is 12.6. The van der Waals surface area contributed by atoms with Crippen LogP contribution in [0.3, 0.4) is 0 Å². The number of anilines is 1. The molecule has 4 rings (SSSR count). The monoisotopic (exact) mass is 346 g/mol. The summed E-state index contributed by atoms with van der Waals surface area (Å²) in [5.74, 6) is 0.643. The number of rotatable bonds is 4. The summed E-state index contributed by atoms with van der Waals surface area (Å²) in [4.78, 5) is 22.2. The number of fused-ring (bicyclic) bond motifs is 3. The molecule has 130 valence electrons. The fourth-order valence-corrected chi connectivity index (χ4v) is 2.86. The number of aromatic nitrogens is 2. The quantitative estimate of drug-likeness (QED) is 0.610. The van der Waals surface area contributed by atoms with Crippen LogP contribution in [-0.4, -0.2) is 34.9 Å². The highest BCUT2D eigenvalue weighted by atomic mass is 16.3. The third-order valence-corrected chi connectivity index (χ3v) is 4.23. The van der Waals surface area contributed by atoms with Crippen molar-refractivity contribution in [3.63, 3.8) is 0 Å². The van der Waals surface area contributed by atoms with Crippen LogP contribution >= 0.6 is 0 Å². The first-order valence-corrected chi connectivity index (χ1v) is 8.30. The summed E-state index contributed by atoms with van der Waals surface area (Å²) >= 11 is 0. The Morgan fingerprint density at radius 1 is 1.08 bits per heavy atom. The van der Waals surface area contributed by atoms with E-state index in [0.717, 1.165) is 22.0 Å². The highest BCUT2D eigenvalue weighted by Gasteiger charge is 2.13. The van der Waals surface area contributed by atoms with Crippen molar-refractivity contribution in [3.05, 3.63) is 66.0 Å². The average Bonchev–Trinajstić information content (AvgIpc) is 3.05. The summed E-state index contributed by atoms with van der Waals surface area (Å²) in [5.41, 5.74) is 3.94. The van der Waals surface area contributed by atoms with Crippen molar-refractivity contribution in [2.24, 2.45) is 0 Å². The van der Waals surface area contributed by atoms with Gasteiger partial charge in [0, 0.05) is 31.6 Å². The van der Waals surface area contributed by atoms with Gasteiger partial charge in [-0.1, -0.05) is 24.3 Å². The SMILES string of the molecule is CN(C)C(=O)c1ccc(CNc2ncnc3c2oc2ccccc23)cc1. The molecule has 0 bridgehead atoms. The zero-order valence-electron chi connectivity index (χ0n) is 14.6. The van der Waals surface area contributed by atoms with Crippen LogP contribution in [0.25, 0.3) is 22.1 Å². The van der Waals surface area contributed by atoms with Gasteiger partial charge in [-0.2, -0.15) is 0 Å². The molecule has 0 atom stereocenters. The van der Waals surface area contributed by atoms with Crippen molar-refractivity contribution in [3.8, 4) is 0 Å². The number of carbonyl (C=O) groups excluding carboxylic acids is 1. The van der Waals surface area contributed by atoms with Gasteiger partial charge >= 0.3 is 0 Å². The molecular weight excluding hydrogens is 328 g/mol. The zero-order chi connectivity index (χ0) is 18.1. The van der Waals surface area contributed by atoms with Crippen LogP contribution in [0.4, 0.5) is 5.82 Å². The molecule has 1 amide bonds. The molecule has 6 nitrogen and oxygen atoms in total. The van der Waals surface area contributed by atoms with Crippen LogP contribution < -0.4 is 5.32 Å². The summed E-state index contributed by atoms with van der Waals surface area (Å²) in [6, 6.07) is 15.3. The largest absolute Gasteiger partial charge is 0.450 e. The Kier molecular flexibility index (Phi) is 4.01. The lowest BCUT2D eigenvalue weighted by molar-refractivity contribution is 0.0827. The molecule has 2 heterocycles. The average molecular weight is 346 g/mol. The molecule has 0 radical (unpaired) electrons. The number of amides is 1. The molecule has 6 heteroatoms. The van der Waals surface area contributed by atoms with Gasteiger partial charge in [-0.3, -0.25) is 4.79 Å². The molecule has 0 unspecified atom stereocenters. The maximum atomic E-state index is 11.9. The standard InChI is InChI=1S/C20H18N4O2/c1-24(2)20(25)14-9-7-13(8-10-14)11-21-19-18-17(22-12-23-19)15-5-3-4-6-16(15)26-18/h3-10,12H,11H2,1-2H3,(H,21,22,23). The molecule has 2 aromatic heterocycles. The van der Waals surface area contributed by atoms with E-state index in [-0.39, 0.29) is 5.91 Å². The van der Waals surface area contributed by atoms with E-state index in [9.17, 15) is 4.79 Å². The van der Waals surface area contributed by atoms with E-state index in [2.05, 4.69) is 15.3 Å². The number of para-hydroxylation sites is 1. The van der Waals surface area contributed by atoms with Crippen LogP contribution in [0.5, 0.6) is 0 Å². The summed E-state index contributed by atoms with van der Waals surface area (Å²) < 4.78 is 5.91. The fraction of sp³-hybridized carbons (Fsp3) is 0.150. The van der Waals surface area contributed by atoms with Gasteiger partial charge in [0.2, 0.25) is 0 Å². The summed E-state index contributed by atoms with van der Waals surface area (Å²) in [5, 5.41) is 4.27. The predicted molar refractivity (Wildman–Crippen MR) is 101 cm³/mol. The van der Waals surface area contributed by atoms with Crippen molar-refractivity contribution in [1.82, 2.24) is 14.9 Å². The fourth-order valence-electron chi connectivity index (χ4n) is 2.86. The number of furan rings is 1. The third-order valence-electron chi connectivity index (χ3n) is 4.23. The van der Waals surface area contributed by atoms with Crippen LogP contribution in [0, 0.1) is 0 Å². The summed E-state index contributed by atoms with van der Waals surface area (Å²) in [7, 11) is 3.48. The first kappa shape index (κ1) is 16.1. The van der Waals surface area contributed by atoms with Crippen LogP contribution in [-0.2, 0) is 6.54 Å². The van der Waals surface area contributed by atoms with Crippen LogP contribution in [0.15, 0.2) is 59.3 Å². The summed E-state index contributed by atoms with van der Waals surface area (Å²) in [6.07, 6.45) is 1.53. The number of hydrogen-bond acceptors (Lipinski definition) is 5. The van der Waals surface area contributed by atoms with Crippen LogP contribution in [0.2, 0.25) is 0 Å². The lowest BCUT2D eigenvalue weighted by Gasteiger charge is -2.11. The van der Waals surface area contributed by atoms with E-state index >= 15 is 0 Å². The number of nitrogens with one attached hydrogen (secondary N) is 1. The minimum Gasteiger partial charge on any atom is -0.450 e. The summed E-state index contributed by atoms with van der Waals surface area (Å²) in [6.45, 7) is 0.569. The van der Waals surface area contributed by atoms with Crippen molar-refractivity contribution in [1.29, 1.82) is 0 Å². The molecule has 0 spiro atoms. The minimum atomic E-state index is -0.00991. The molecule has 0 fully saturated rings. The number of hydrogen-bond donors (Lipinski definition) is 1. The maximum Gasteiger partial charge on any atom is 0.253 e. The molecule has 2 aromatic carbocycles. The molecule has 0 saturated carbocycles. The second-order valence-corrected chi connectivity index (χ2v) is 6.25. The Morgan fingerprint density at radius 3 is 2.62 bits per heavy atom. The molecule has 26 heavy (non-hydrogen) atoms. The molecule has 1 N–H and O–H groups in total. The van der Waals surface area contributed by atoms with Gasteiger partial charge in [-0.25, -0.2) is 9.97 Å². The van der Waals surface area contributed by atoms with E-state index < -0.39 is 0 Å². The molecule has 0 saturated heterocycles. The van der Waals surface area contributed by atoms with Gasteiger partial charge < -0.3 is 14.6 Å². The maximum absolute atomic E-state index is 11.9. The Hall–Kier alpha value is -3.41. The van der Waals surface area contributed by atoms with E-state index in [1.165, 1.54) is 6.33 Å². The second-order valence-electron chi connectivity index (χ2n) is 6.25. The van der Waals surface area contributed by atoms with Gasteiger partial charge in [-0.15, -0.1) is 0 Å². The Balaban J connectivity index is 1.57. The number of carbonyl (C=O) groups is 1. The smallest absolute Gasteiger partial charge is 0.253 e. The first-order valence-electron chi connectivity index (χ1n) is 8.30. The van der Waals surface area contributed by atoms with Crippen molar-refractivity contribution < 1.29 is 9.21 Å². The van der Waals surface area contributed by atoms with Crippen molar-refractivity contribution in [2.45, 2.75) is 6.54 Å². The Bertz CT molecular complexity index is 1080. The van der Waals surface area contributed by atoms with E-state index in [0.29, 0.717) is 23.5 Å². The van der Waals surface area contributed by atoms with Crippen molar-refractivity contribution in [2.75, 3.05) is 19.4 Å². The van der Waals surface area contributed by atoms with Gasteiger partial charge in [0.15, 0.2) is 11.4 Å². The van der Waals surface area contributed by atoms with Gasteiger partial charge in [-0.05, 0) is 29.8 Å². The lowest BCUT2D eigenvalue weighted by atomic mass is 10.1. The molecule has 0 aliphatic rings. The highest BCUT2D eigenvalue weighted by molar-refractivity contribution is 6.05. The zero-order valence-corrected chi connectivity index (χ0v) is 14.6.